The summed E-state index contributed by atoms with van der Waals surface area (Å²) in [6.45, 7) is 4.32. The highest BCUT2D eigenvalue weighted by Crippen LogP contribution is 2.31. The second-order valence-electron chi connectivity index (χ2n) is 5.07. The van der Waals surface area contributed by atoms with Crippen LogP contribution in [0.2, 0.25) is 0 Å². The van der Waals surface area contributed by atoms with Crippen molar-refractivity contribution in [2.45, 2.75) is 26.8 Å². The molecule has 112 valence electrons. The lowest BCUT2D eigenvalue weighted by Crippen LogP contribution is -2.29. The Morgan fingerprint density at radius 3 is 2.71 bits per heavy atom. The molecule has 0 amide bonds. The molecule has 2 rings (SSSR count). The maximum Gasteiger partial charge on any atom is 0.345 e. The number of hydrogen-bond donors (Lipinski definition) is 2. The van der Waals surface area contributed by atoms with Gasteiger partial charge < -0.3 is 10.2 Å². The Labute approximate surface area is 125 Å². The van der Waals surface area contributed by atoms with E-state index in [0.717, 1.165) is 4.68 Å². The Morgan fingerprint density at radius 1 is 1.48 bits per heavy atom. The van der Waals surface area contributed by atoms with Crippen LogP contribution in [0.1, 0.15) is 30.6 Å². The molecule has 0 spiro atoms. The van der Waals surface area contributed by atoms with E-state index in [1.54, 1.807) is 17.5 Å². The van der Waals surface area contributed by atoms with Crippen molar-refractivity contribution < 1.29 is 15.0 Å². The summed E-state index contributed by atoms with van der Waals surface area (Å²) in [6, 6.07) is 3.49. The standard InChI is InChI=1S/C14H16N2O4S/c1-8(2)5-6-16-13(18)10(14(19)20)12(17)11(15-16)9-4-3-7-21-9/h3-4,7-8,17H,5-6H2,1-2H3,(H,19,20). The number of carbonyl (C=O) groups is 1. The van der Waals surface area contributed by atoms with E-state index in [1.807, 2.05) is 13.8 Å². The molecule has 2 heterocycles. The third-order valence-electron chi connectivity index (χ3n) is 3.02. The second-order valence-corrected chi connectivity index (χ2v) is 6.01. The first kappa shape index (κ1) is 15.2. The molecule has 2 aromatic heterocycles. The Balaban J connectivity index is 2.61. The molecule has 2 aromatic rings. The van der Waals surface area contributed by atoms with Crippen LogP contribution in [0, 0.1) is 5.92 Å². The zero-order chi connectivity index (χ0) is 15.6. The van der Waals surface area contributed by atoms with E-state index < -0.39 is 22.8 Å². The molecule has 0 unspecified atom stereocenters. The van der Waals surface area contributed by atoms with Crippen LogP contribution >= 0.6 is 11.3 Å². The van der Waals surface area contributed by atoms with Crippen molar-refractivity contribution in [2.75, 3.05) is 0 Å². The van der Waals surface area contributed by atoms with Crippen LogP contribution in [0.5, 0.6) is 5.75 Å². The van der Waals surface area contributed by atoms with E-state index in [1.165, 1.54) is 11.3 Å². The molecule has 0 saturated carbocycles. The van der Waals surface area contributed by atoms with Gasteiger partial charge in [-0.05, 0) is 23.8 Å². The fraction of sp³-hybridized carbons (Fsp3) is 0.357. The molecular formula is C14H16N2O4S. The predicted molar refractivity (Wildman–Crippen MR) is 79.9 cm³/mol. The van der Waals surface area contributed by atoms with E-state index in [4.69, 9.17) is 0 Å². The molecule has 0 fully saturated rings. The number of thiophene rings is 1. The molecule has 0 bridgehead atoms. The minimum absolute atomic E-state index is 0.130. The highest BCUT2D eigenvalue weighted by Gasteiger charge is 2.23. The van der Waals surface area contributed by atoms with Crippen molar-refractivity contribution in [3.05, 3.63) is 33.4 Å². The number of aromatic carboxylic acids is 1. The van der Waals surface area contributed by atoms with Crippen LogP contribution in [0.25, 0.3) is 10.6 Å². The van der Waals surface area contributed by atoms with Gasteiger partial charge >= 0.3 is 5.97 Å². The van der Waals surface area contributed by atoms with Gasteiger partial charge in [-0.3, -0.25) is 4.79 Å². The molecule has 0 saturated heterocycles. The normalized spacial score (nSPS) is 11.0. The lowest BCUT2D eigenvalue weighted by atomic mass is 10.1. The molecule has 6 nitrogen and oxygen atoms in total. The second kappa shape index (κ2) is 6.09. The number of hydrogen-bond acceptors (Lipinski definition) is 5. The van der Waals surface area contributed by atoms with Gasteiger partial charge in [-0.2, -0.15) is 5.10 Å². The minimum atomic E-state index is -1.45. The Morgan fingerprint density at radius 2 is 2.19 bits per heavy atom. The lowest BCUT2D eigenvalue weighted by molar-refractivity contribution is 0.0690. The average Bonchev–Trinajstić information content (AvgIpc) is 2.91. The van der Waals surface area contributed by atoms with Gasteiger partial charge in [0, 0.05) is 6.54 Å². The van der Waals surface area contributed by atoms with Crippen LogP contribution in [-0.2, 0) is 6.54 Å². The molecule has 0 aliphatic carbocycles. The van der Waals surface area contributed by atoms with E-state index in [-0.39, 0.29) is 5.69 Å². The SMILES string of the molecule is CC(C)CCn1nc(-c2cccs2)c(O)c(C(=O)O)c1=O. The Bertz CT molecular complexity index is 705. The van der Waals surface area contributed by atoms with E-state index in [2.05, 4.69) is 5.10 Å². The highest BCUT2D eigenvalue weighted by atomic mass is 32.1. The number of nitrogens with zero attached hydrogens (tertiary/aromatic N) is 2. The molecule has 0 atom stereocenters. The van der Waals surface area contributed by atoms with Crippen LogP contribution in [0.15, 0.2) is 22.3 Å². The fourth-order valence-corrected chi connectivity index (χ4v) is 2.58. The molecule has 0 aliphatic heterocycles. The van der Waals surface area contributed by atoms with Gasteiger partial charge in [0.25, 0.3) is 5.56 Å². The lowest BCUT2D eigenvalue weighted by Gasteiger charge is -2.11. The molecule has 2 N–H and O–H groups in total. The third kappa shape index (κ3) is 3.13. The summed E-state index contributed by atoms with van der Waals surface area (Å²) < 4.78 is 1.12. The summed E-state index contributed by atoms with van der Waals surface area (Å²) in [5, 5.41) is 25.2. The van der Waals surface area contributed by atoms with Gasteiger partial charge in [-0.1, -0.05) is 19.9 Å². The number of carboxylic acids is 1. The van der Waals surface area contributed by atoms with Gasteiger partial charge in [-0.25, -0.2) is 9.48 Å². The van der Waals surface area contributed by atoms with Gasteiger partial charge in [0.1, 0.15) is 5.69 Å². The molecule has 0 radical (unpaired) electrons. The van der Waals surface area contributed by atoms with E-state index in [9.17, 15) is 19.8 Å². The van der Waals surface area contributed by atoms with Crippen LogP contribution in [-0.4, -0.2) is 26.0 Å². The van der Waals surface area contributed by atoms with Crippen molar-refractivity contribution in [1.82, 2.24) is 9.78 Å². The molecule has 0 aliphatic rings. The first-order chi connectivity index (χ1) is 9.91. The molecule has 7 heteroatoms. The summed E-state index contributed by atoms with van der Waals surface area (Å²) >= 11 is 1.32. The summed E-state index contributed by atoms with van der Waals surface area (Å²) in [5.41, 5.74) is -1.27. The number of aromatic nitrogens is 2. The van der Waals surface area contributed by atoms with Gasteiger partial charge in [0.2, 0.25) is 0 Å². The van der Waals surface area contributed by atoms with Crippen molar-refractivity contribution in [3.63, 3.8) is 0 Å². The zero-order valence-corrected chi connectivity index (χ0v) is 12.6. The zero-order valence-electron chi connectivity index (χ0n) is 11.7. The van der Waals surface area contributed by atoms with Gasteiger partial charge in [-0.15, -0.1) is 11.3 Å². The summed E-state index contributed by atoms with van der Waals surface area (Å²) in [6.07, 6.45) is 0.695. The summed E-state index contributed by atoms with van der Waals surface area (Å²) in [7, 11) is 0. The van der Waals surface area contributed by atoms with E-state index in [0.29, 0.717) is 23.8 Å². The molecular weight excluding hydrogens is 292 g/mol. The first-order valence-corrected chi connectivity index (χ1v) is 7.41. The highest BCUT2D eigenvalue weighted by molar-refractivity contribution is 7.13. The van der Waals surface area contributed by atoms with Crippen LogP contribution in [0.3, 0.4) is 0 Å². The van der Waals surface area contributed by atoms with Crippen LogP contribution < -0.4 is 5.56 Å². The van der Waals surface area contributed by atoms with Crippen molar-refractivity contribution >= 4 is 17.3 Å². The van der Waals surface area contributed by atoms with Crippen molar-refractivity contribution in [3.8, 4) is 16.3 Å². The Kier molecular flexibility index (Phi) is 4.42. The molecule has 0 aromatic carbocycles. The quantitative estimate of drug-likeness (QED) is 0.885. The number of aryl methyl sites for hydroxylation is 1. The largest absolute Gasteiger partial charge is 0.505 e. The Hall–Kier alpha value is -2.15. The van der Waals surface area contributed by atoms with E-state index >= 15 is 0 Å². The van der Waals surface area contributed by atoms with Crippen LogP contribution in [0.4, 0.5) is 0 Å². The van der Waals surface area contributed by atoms with Gasteiger partial charge in [0.15, 0.2) is 11.3 Å². The summed E-state index contributed by atoms with van der Waals surface area (Å²) in [5.74, 6) is -1.67. The number of aromatic hydroxyl groups is 1. The third-order valence-corrected chi connectivity index (χ3v) is 3.89. The van der Waals surface area contributed by atoms with Crippen molar-refractivity contribution in [1.29, 1.82) is 0 Å². The monoisotopic (exact) mass is 308 g/mol. The fourth-order valence-electron chi connectivity index (χ4n) is 1.87. The smallest absolute Gasteiger partial charge is 0.345 e. The minimum Gasteiger partial charge on any atom is -0.505 e. The van der Waals surface area contributed by atoms with Gasteiger partial charge in [0.05, 0.1) is 4.88 Å². The maximum absolute atomic E-state index is 12.1. The molecule has 21 heavy (non-hydrogen) atoms. The first-order valence-electron chi connectivity index (χ1n) is 6.53. The topological polar surface area (TPSA) is 92.4 Å². The predicted octanol–water partition coefficient (Wildman–Crippen LogP) is 2.42. The average molecular weight is 308 g/mol. The van der Waals surface area contributed by atoms with Crippen molar-refractivity contribution in [2.24, 2.45) is 5.92 Å². The maximum atomic E-state index is 12.1. The summed E-state index contributed by atoms with van der Waals surface area (Å²) in [4.78, 5) is 24.0. The number of carboxylic acid groups (broad SMARTS) is 1. The number of rotatable bonds is 5.